The molecule has 1 aromatic rings. The van der Waals surface area contributed by atoms with Crippen LogP contribution in [0.1, 0.15) is 43.7 Å². The van der Waals surface area contributed by atoms with E-state index in [0.29, 0.717) is 6.54 Å². The number of hydrogen-bond acceptors (Lipinski definition) is 4. The normalized spacial score (nSPS) is 22.5. The molecule has 0 saturated heterocycles. The first kappa shape index (κ1) is 16.5. The minimum Gasteiger partial charge on any atom is -0.459 e. The van der Waals surface area contributed by atoms with E-state index in [4.69, 9.17) is 4.42 Å². The Bertz CT molecular complexity index is 498. The summed E-state index contributed by atoms with van der Waals surface area (Å²) in [5.74, 6) is -0.386. The maximum Gasteiger partial charge on any atom is 0.287 e. The summed E-state index contributed by atoms with van der Waals surface area (Å²) in [4.78, 5) is 24.3. The molecule has 2 rings (SSSR count). The number of rotatable bonds is 6. The number of carbonyl (C=O) groups is 2. The van der Waals surface area contributed by atoms with E-state index in [1.807, 2.05) is 13.8 Å². The van der Waals surface area contributed by atoms with Crippen LogP contribution in [0.2, 0.25) is 0 Å². The van der Waals surface area contributed by atoms with Gasteiger partial charge in [0.25, 0.3) is 5.91 Å². The first-order valence-corrected chi connectivity index (χ1v) is 7.79. The van der Waals surface area contributed by atoms with Gasteiger partial charge in [-0.1, -0.05) is 20.3 Å². The highest BCUT2D eigenvalue weighted by Gasteiger charge is 2.29. The van der Waals surface area contributed by atoms with E-state index in [1.165, 1.54) is 6.26 Å². The molecule has 3 atom stereocenters. The van der Waals surface area contributed by atoms with Crippen molar-refractivity contribution in [1.29, 1.82) is 0 Å². The average Bonchev–Trinajstić information content (AvgIpc) is 3.13. The van der Waals surface area contributed by atoms with Crippen molar-refractivity contribution in [3.63, 3.8) is 0 Å². The van der Waals surface area contributed by atoms with Gasteiger partial charge < -0.3 is 20.2 Å². The molecule has 2 amide bonds. The van der Waals surface area contributed by atoms with Gasteiger partial charge in [0.15, 0.2) is 5.76 Å². The molecule has 1 aromatic heterocycles. The van der Waals surface area contributed by atoms with E-state index in [2.05, 4.69) is 10.6 Å². The van der Waals surface area contributed by atoms with Crippen molar-refractivity contribution >= 4 is 11.8 Å². The summed E-state index contributed by atoms with van der Waals surface area (Å²) in [7, 11) is 0. The molecule has 0 spiro atoms. The molecule has 0 aromatic carbocycles. The Morgan fingerprint density at radius 1 is 1.41 bits per heavy atom. The maximum absolute atomic E-state index is 12.3. The molecular weight excluding hydrogens is 284 g/mol. The monoisotopic (exact) mass is 308 g/mol. The highest BCUT2D eigenvalue weighted by molar-refractivity contribution is 5.95. The van der Waals surface area contributed by atoms with Crippen LogP contribution >= 0.6 is 0 Å². The number of aliphatic hydroxyl groups is 1. The van der Waals surface area contributed by atoms with Crippen molar-refractivity contribution in [2.75, 3.05) is 6.54 Å². The third-order valence-corrected chi connectivity index (χ3v) is 4.14. The number of amides is 2. The summed E-state index contributed by atoms with van der Waals surface area (Å²) in [6.45, 7) is 4.19. The zero-order chi connectivity index (χ0) is 16.1. The third-order valence-electron chi connectivity index (χ3n) is 4.14. The predicted octanol–water partition coefficient (Wildman–Crippen LogP) is 1.31. The fourth-order valence-electron chi connectivity index (χ4n) is 2.75. The molecule has 0 aliphatic heterocycles. The summed E-state index contributed by atoms with van der Waals surface area (Å²) in [6, 6.07) is 2.55. The molecule has 1 aliphatic carbocycles. The molecular formula is C16H24N2O4. The second kappa shape index (κ2) is 7.45. The zero-order valence-electron chi connectivity index (χ0n) is 13.0. The van der Waals surface area contributed by atoms with E-state index in [1.54, 1.807) is 12.1 Å². The van der Waals surface area contributed by atoms with Crippen LogP contribution in [-0.2, 0) is 4.79 Å². The molecule has 1 aliphatic rings. The summed E-state index contributed by atoms with van der Waals surface area (Å²) in [5.41, 5.74) is 0. The first-order valence-electron chi connectivity index (χ1n) is 7.79. The SMILES string of the molecule is CC(C)[C@H](NC(=O)c1ccco1)C(=O)NC[C@@H]1CCC[C@@H]1O. The smallest absolute Gasteiger partial charge is 0.287 e. The summed E-state index contributed by atoms with van der Waals surface area (Å²) in [6.07, 6.45) is 3.79. The lowest BCUT2D eigenvalue weighted by Gasteiger charge is -2.23. The molecule has 1 saturated carbocycles. The van der Waals surface area contributed by atoms with Gasteiger partial charge in [0.1, 0.15) is 6.04 Å². The first-order chi connectivity index (χ1) is 10.5. The van der Waals surface area contributed by atoms with Gasteiger partial charge >= 0.3 is 0 Å². The molecule has 1 fully saturated rings. The molecule has 6 heteroatoms. The molecule has 0 radical (unpaired) electrons. The molecule has 3 N–H and O–H groups in total. The van der Waals surface area contributed by atoms with Gasteiger partial charge in [0.05, 0.1) is 12.4 Å². The average molecular weight is 308 g/mol. The Morgan fingerprint density at radius 3 is 2.73 bits per heavy atom. The van der Waals surface area contributed by atoms with Crippen molar-refractivity contribution in [3.8, 4) is 0 Å². The van der Waals surface area contributed by atoms with Crippen LogP contribution < -0.4 is 10.6 Å². The van der Waals surface area contributed by atoms with Crippen molar-refractivity contribution in [2.24, 2.45) is 11.8 Å². The van der Waals surface area contributed by atoms with E-state index >= 15 is 0 Å². The predicted molar refractivity (Wildman–Crippen MR) is 81.2 cm³/mol. The lowest BCUT2D eigenvalue weighted by Crippen LogP contribution is -2.50. The molecule has 0 bridgehead atoms. The molecule has 6 nitrogen and oxygen atoms in total. The third kappa shape index (κ3) is 4.10. The van der Waals surface area contributed by atoms with Gasteiger partial charge in [0.2, 0.25) is 5.91 Å². The largest absolute Gasteiger partial charge is 0.459 e. The van der Waals surface area contributed by atoms with Crippen molar-refractivity contribution in [2.45, 2.75) is 45.3 Å². The zero-order valence-corrected chi connectivity index (χ0v) is 13.0. The van der Waals surface area contributed by atoms with E-state index < -0.39 is 11.9 Å². The standard InChI is InChI=1S/C16H24N2O4/c1-10(2)14(18-15(20)13-7-4-8-22-13)16(21)17-9-11-5-3-6-12(11)19/h4,7-8,10-12,14,19H,3,5-6,9H2,1-2H3,(H,17,21)(H,18,20)/t11-,12-,14-/m0/s1. The molecule has 0 unspecified atom stereocenters. The second-order valence-electron chi connectivity index (χ2n) is 6.18. The van der Waals surface area contributed by atoms with Crippen LogP contribution in [0.25, 0.3) is 0 Å². The molecule has 122 valence electrons. The van der Waals surface area contributed by atoms with Gasteiger partial charge in [-0.3, -0.25) is 9.59 Å². The van der Waals surface area contributed by atoms with Gasteiger partial charge in [-0.25, -0.2) is 0 Å². The summed E-state index contributed by atoms with van der Waals surface area (Å²) < 4.78 is 5.03. The Morgan fingerprint density at radius 2 is 2.18 bits per heavy atom. The quantitative estimate of drug-likeness (QED) is 0.739. The van der Waals surface area contributed by atoms with E-state index in [-0.39, 0.29) is 29.6 Å². The van der Waals surface area contributed by atoms with Crippen LogP contribution in [-0.4, -0.2) is 35.6 Å². The van der Waals surface area contributed by atoms with Crippen molar-refractivity contribution in [3.05, 3.63) is 24.2 Å². The topological polar surface area (TPSA) is 91.6 Å². The van der Waals surface area contributed by atoms with Crippen LogP contribution in [0.4, 0.5) is 0 Å². The van der Waals surface area contributed by atoms with E-state index in [9.17, 15) is 14.7 Å². The summed E-state index contributed by atoms with van der Waals surface area (Å²) in [5, 5.41) is 15.3. The van der Waals surface area contributed by atoms with Gasteiger partial charge in [0, 0.05) is 12.5 Å². The highest BCUT2D eigenvalue weighted by atomic mass is 16.3. The van der Waals surface area contributed by atoms with Crippen molar-refractivity contribution in [1.82, 2.24) is 10.6 Å². The lowest BCUT2D eigenvalue weighted by molar-refractivity contribution is -0.124. The summed E-state index contributed by atoms with van der Waals surface area (Å²) >= 11 is 0. The number of hydrogen-bond donors (Lipinski definition) is 3. The Kier molecular flexibility index (Phi) is 5.60. The number of carbonyl (C=O) groups excluding carboxylic acids is 2. The van der Waals surface area contributed by atoms with Crippen LogP contribution in [0.3, 0.4) is 0 Å². The van der Waals surface area contributed by atoms with Crippen LogP contribution in [0.15, 0.2) is 22.8 Å². The van der Waals surface area contributed by atoms with Crippen LogP contribution in [0, 0.1) is 11.8 Å². The number of furan rings is 1. The van der Waals surface area contributed by atoms with Gasteiger partial charge in [-0.2, -0.15) is 0 Å². The Hall–Kier alpha value is -1.82. The number of nitrogens with one attached hydrogen (secondary N) is 2. The highest BCUT2D eigenvalue weighted by Crippen LogP contribution is 2.24. The Labute approximate surface area is 130 Å². The maximum atomic E-state index is 12.3. The Balaban J connectivity index is 1.89. The minimum atomic E-state index is -0.629. The fraction of sp³-hybridized carbons (Fsp3) is 0.625. The second-order valence-corrected chi connectivity index (χ2v) is 6.18. The van der Waals surface area contributed by atoms with Gasteiger partial charge in [-0.15, -0.1) is 0 Å². The van der Waals surface area contributed by atoms with Crippen molar-refractivity contribution < 1.29 is 19.1 Å². The van der Waals surface area contributed by atoms with Gasteiger partial charge in [-0.05, 0) is 30.9 Å². The lowest BCUT2D eigenvalue weighted by atomic mass is 10.0. The van der Waals surface area contributed by atoms with E-state index in [0.717, 1.165) is 19.3 Å². The molecule has 1 heterocycles. The minimum absolute atomic E-state index is 0.0487. The van der Waals surface area contributed by atoms with Crippen LogP contribution in [0.5, 0.6) is 0 Å². The number of aliphatic hydroxyl groups excluding tert-OH is 1. The fourth-order valence-corrected chi connectivity index (χ4v) is 2.75. The molecule has 22 heavy (non-hydrogen) atoms.